The number of carbonyl (C=O) groups excluding carboxylic acids is 2. The average molecular weight is 532 g/mol. The highest BCUT2D eigenvalue weighted by Gasteiger charge is 2.31. The largest absolute Gasteiger partial charge is 0.495 e. The number of nitrogens with zero attached hydrogens (tertiary/aromatic N) is 2. The normalized spacial score (nSPS) is 12.5. The minimum absolute atomic E-state index is 0.0896. The molecule has 0 saturated heterocycles. The van der Waals surface area contributed by atoms with E-state index >= 15 is 0 Å². The standard InChI is InChI=1S/C28H41N3O5S/c1-8-23(27(33)29-28(3,4)5)30(20-22-14-11-13-21(2)19-22)26(32)17-12-18-31(37(7,34)35)24-15-9-10-16-25(24)36-6/h9-11,13-16,19,23H,8,12,17-18,20H2,1-7H3,(H,29,33)/t23-/m0/s1. The summed E-state index contributed by atoms with van der Waals surface area (Å²) in [4.78, 5) is 28.3. The molecule has 37 heavy (non-hydrogen) atoms. The van der Waals surface area contributed by atoms with Crippen molar-refractivity contribution in [2.75, 3.05) is 24.2 Å². The second kappa shape index (κ2) is 12.9. The van der Waals surface area contributed by atoms with Gasteiger partial charge in [0.15, 0.2) is 0 Å². The van der Waals surface area contributed by atoms with Crippen LogP contribution >= 0.6 is 0 Å². The molecule has 0 aliphatic carbocycles. The van der Waals surface area contributed by atoms with E-state index < -0.39 is 21.6 Å². The van der Waals surface area contributed by atoms with Gasteiger partial charge < -0.3 is 15.0 Å². The minimum Gasteiger partial charge on any atom is -0.495 e. The van der Waals surface area contributed by atoms with Crippen molar-refractivity contribution in [2.45, 2.75) is 72.0 Å². The van der Waals surface area contributed by atoms with E-state index in [0.717, 1.165) is 17.4 Å². The van der Waals surface area contributed by atoms with Crippen LogP contribution in [0.4, 0.5) is 5.69 Å². The molecule has 2 rings (SSSR count). The number of amides is 2. The lowest BCUT2D eigenvalue weighted by Crippen LogP contribution is -2.53. The van der Waals surface area contributed by atoms with Gasteiger partial charge in [-0.1, -0.05) is 48.9 Å². The van der Waals surface area contributed by atoms with Crippen LogP contribution in [0.5, 0.6) is 5.75 Å². The molecular formula is C28H41N3O5S. The molecule has 2 aromatic carbocycles. The highest BCUT2D eigenvalue weighted by Crippen LogP contribution is 2.30. The molecule has 2 aromatic rings. The summed E-state index contributed by atoms with van der Waals surface area (Å²) in [7, 11) is -2.13. The van der Waals surface area contributed by atoms with E-state index in [1.54, 1.807) is 29.2 Å². The molecule has 9 heteroatoms. The summed E-state index contributed by atoms with van der Waals surface area (Å²) in [6.45, 7) is 9.98. The molecule has 0 aliphatic rings. The predicted molar refractivity (Wildman–Crippen MR) is 148 cm³/mol. The van der Waals surface area contributed by atoms with E-state index in [-0.39, 0.29) is 31.2 Å². The van der Waals surface area contributed by atoms with Gasteiger partial charge in [0.1, 0.15) is 11.8 Å². The van der Waals surface area contributed by atoms with Crippen LogP contribution in [0.15, 0.2) is 48.5 Å². The molecule has 1 atom stereocenters. The molecule has 0 aromatic heterocycles. The third-order valence-corrected chi connectivity index (χ3v) is 7.01. The SMILES string of the molecule is CC[C@@H](C(=O)NC(C)(C)C)N(Cc1cccc(C)c1)C(=O)CCCN(c1ccccc1OC)S(C)(=O)=O. The van der Waals surface area contributed by atoms with Crippen molar-refractivity contribution in [3.63, 3.8) is 0 Å². The Morgan fingerprint density at radius 3 is 2.32 bits per heavy atom. The van der Waals surface area contributed by atoms with Gasteiger partial charge >= 0.3 is 0 Å². The van der Waals surface area contributed by atoms with Crippen molar-refractivity contribution < 1.29 is 22.7 Å². The maximum absolute atomic E-state index is 13.5. The fourth-order valence-electron chi connectivity index (χ4n) is 4.20. The first kappa shape index (κ1) is 30.2. The lowest BCUT2D eigenvalue weighted by atomic mass is 10.0. The van der Waals surface area contributed by atoms with E-state index in [2.05, 4.69) is 5.32 Å². The van der Waals surface area contributed by atoms with Crippen LogP contribution in [-0.2, 0) is 26.2 Å². The van der Waals surface area contributed by atoms with E-state index in [1.165, 1.54) is 11.4 Å². The molecule has 0 heterocycles. The summed E-state index contributed by atoms with van der Waals surface area (Å²) < 4.78 is 31.8. The molecule has 0 spiro atoms. The number of nitrogens with one attached hydrogen (secondary N) is 1. The number of sulfonamides is 1. The van der Waals surface area contributed by atoms with E-state index in [9.17, 15) is 18.0 Å². The summed E-state index contributed by atoms with van der Waals surface area (Å²) in [5, 5.41) is 3.00. The van der Waals surface area contributed by atoms with Gasteiger partial charge in [-0.05, 0) is 58.2 Å². The Labute approximate surface area is 222 Å². The summed E-state index contributed by atoms with van der Waals surface area (Å²) in [6, 6.07) is 14.1. The number of benzene rings is 2. The van der Waals surface area contributed by atoms with Crippen LogP contribution in [0, 0.1) is 6.92 Å². The highest BCUT2D eigenvalue weighted by molar-refractivity contribution is 7.92. The van der Waals surface area contributed by atoms with Gasteiger partial charge in [0, 0.05) is 25.0 Å². The zero-order valence-electron chi connectivity index (χ0n) is 23.1. The van der Waals surface area contributed by atoms with Crippen LogP contribution in [0.2, 0.25) is 0 Å². The monoisotopic (exact) mass is 531 g/mol. The smallest absolute Gasteiger partial charge is 0.243 e. The van der Waals surface area contributed by atoms with Crippen molar-refractivity contribution in [3.8, 4) is 5.75 Å². The van der Waals surface area contributed by atoms with Crippen molar-refractivity contribution in [1.29, 1.82) is 0 Å². The van der Waals surface area contributed by atoms with Gasteiger partial charge in [0.25, 0.3) is 0 Å². The van der Waals surface area contributed by atoms with E-state index in [1.807, 2.05) is 58.9 Å². The van der Waals surface area contributed by atoms with Crippen molar-refractivity contribution in [2.24, 2.45) is 0 Å². The van der Waals surface area contributed by atoms with Gasteiger partial charge in [-0.25, -0.2) is 8.42 Å². The first-order valence-electron chi connectivity index (χ1n) is 12.5. The highest BCUT2D eigenvalue weighted by atomic mass is 32.2. The maximum atomic E-state index is 13.5. The van der Waals surface area contributed by atoms with Crippen LogP contribution in [0.25, 0.3) is 0 Å². The number of rotatable bonds is 12. The molecule has 8 nitrogen and oxygen atoms in total. The van der Waals surface area contributed by atoms with Crippen LogP contribution in [0.3, 0.4) is 0 Å². The topological polar surface area (TPSA) is 96.0 Å². The van der Waals surface area contributed by atoms with Crippen LogP contribution < -0.4 is 14.4 Å². The molecule has 0 saturated carbocycles. The number of hydrogen-bond donors (Lipinski definition) is 1. The predicted octanol–water partition coefficient (Wildman–Crippen LogP) is 4.27. The number of para-hydroxylation sites is 2. The second-order valence-corrected chi connectivity index (χ2v) is 12.2. The first-order chi connectivity index (χ1) is 17.3. The molecule has 0 aliphatic heterocycles. The third-order valence-electron chi connectivity index (χ3n) is 5.83. The number of hydrogen-bond acceptors (Lipinski definition) is 5. The fourth-order valence-corrected chi connectivity index (χ4v) is 5.17. The Hall–Kier alpha value is -3.07. The third kappa shape index (κ3) is 9.07. The Morgan fingerprint density at radius 2 is 1.76 bits per heavy atom. The number of anilines is 1. The number of carbonyl (C=O) groups is 2. The average Bonchev–Trinajstić information content (AvgIpc) is 2.79. The molecule has 0 radical (unpaired) electrons. The second-order valence-electron chi connectivity index (χ2n) is 10.3. The Balaban J connectivity index is 2.27. The molecule has 204 valence electrons. The maximum Gasteiger partial charge on any atom is 0.243 e. The van der Waals surface area contributed by atoms with E-state index in [4.69, 9.17) is 4.74 Å². The molecule has 0 bridgehead atoms. The quantitative estimate of drug-likeness (QED) is 0.441. The van der Waals surface area contributed by atoms with Gasteiger partial charge in [-0.2, -0.15) is 0 Å². The van der Waals surface area contributed by atoms with Gasteiger partial charge in [-0.15, -0.1) is 0 Å². The zero-order chi connectivity index (χ0) is 27.8. The van der Waals surface area contributed by atoms with E-state index in [0.29, 0.717) is 24.4 Å². The minimum atomic E-state index is -3.61. The Morgan fingerprint density at radius 1 is 1.08 bits per heavy atom. The molecule has 2 amide bonds. The number of methoxy groups -OCH3 is 1. The zero-order valence-corrected chi connectivity index (χ0v) is 23.9. The summed E-state index contributed by atoms with van der Waals surface area (Å²) in [5.41, 5.74) is 1.99. The van der Waals surface area contributed by atoms with Gasteiger partial charge in [0.05, 0.1) is 19.1 Å². The first-order valence-corrected chi connectivity index (χ1v) is 14.4. The summed E-state index contributed by atoms with van der Waals surface area (Å²) in [6.07, 6.45) is 1.96. The summed E-state index contributed by atoms with van der Waals surface area (Å²) >= 11 is 0. The van der Waals surface area contributed by atoms with Crippen LogP contribution in [-0.4, -0.2) is 56.6 Å². The Bertz CT molecular complexity index is 1170. The molecule has 1 N–H and O–H groups in total. The van der Waals surface area contributed by atoms with Crippen molar-refractivity contribution in [3.05, 3.63) is 59.7 Å². The van der Waals surface area contributed by atoms with Crippen molar-refractivity contribution >= 4 is 27.5 Å². The Kier molecular flexibility index (Phi) is 10.5. The number of aryl methyl sites for hydroxylation is 1. The molecular weight excluding hydrogens is 490 g/mol. The lowest BCUT2D eigenvalue weighted by molar-refractivity contribution is -0.142. The lowest BCUT2D eigenvalue weighted by Gasteiger charge is -2.33. The van der Waals surface area contributed by atoms with Gasteiger partial charge in [-0.3, -0.25) is 13.9 Å². The fraction of sp³-hybridized carbons (Fsp3) is 0.500. The van der Waals surface area contributed by atoms with Crippen molar-refractivity contribution in [1.82, 2.24) is 10.2 Å². The summed E-state index contributed by atoms with van der Waals surface area (Å²) in [5.74, 6) is 0.0268. The molecule has 0 unspecified atom stereocenters. The van der Waals surface area contributed by atoms with Crippen LogP contribution in [0.1, 0.15) is 58.1 Å². The number of ether oxygens (including phenoxy) is 1. The van der Waals surface area contributed by atoms with Gasteiger partial charge in [0.2, 0.25) is 21.8 Å². The molecule has 0 fully saturated rings.